The number of hydrogen-bond acceptors (Lipinski definition) is 4. The third-order valence-electron chi connectivity index (χ3n) is 2.20. The van der Waals surface area contributed by atoms with Gasteiger partial charge in [0.05, 0.1) is 5.56 Å². The van der Waals surface area contributed by atoms with Crippen LogP contribution >= 0.6 is 0 Å². The van der Waals surface area contributed by atoms with E-state index in [0.717, 1.165) is 5.69 Å². The van der Waals surface area contributed by atoms with Crippen LogP contribution in [0, 0.1) is 18.3 Å². The highest BCUT2D eigenvalue weighted by molar-refractivity contribution is 5.87. The van der Waals surface area contributed by atoms with E-state index in [4.69, 9.17) is 11.0 Å². The summed E-state index contributed by atoms with van der Waals surface area (Å²) in [5, 5.41) is 11.8. The number of carbonyl (C=O) groups excluding carboxylic acids is 1. The molecule has 0 aromatic carbocycles. The van der Waals surface area contributed by atoms with Gasteiger partial charge in [-0.2, -0.15) is 5.26 Å². The van der Waals surface area contributed by atoms with E-state index in [-0.39, 0.29) is 0 Å². The second kappa shape index (κ2) is 4.19. The van der Waals surface area contributed by atoms with Crippen molar-refractivity contribution in [3.05, 3.63) is 23.4 Å². The molecule has 0 aliphatic heterocycles. The van der Waals surface area contributed by atoms with Gasteiger partial charge in [0.1, 0.15) is 17.4 Å². The summed E-state index contributed by atoms with van der Waals surface area (Å²) in [4.78, 5) is 15.3. The number of hydrogen-bond donors (Lipinski definition) is 2. The first kappa shape index (κ1) is 12.0. The summed E-state index contributed by atoms with van der Waals surface area (Å²) in [5.74, 6) is -0.119. The van der Waals surface area contributed by atoms with Crippen molar-refractivity contribution in [1.82, 2.24) is 4.98 Å². The molecule has 1 heterocycles. The Kier molecular flexibility index (Phi) is 3.14. The Morgan fingerprint density at radius 1 is 1.56 bits per heavy atom. The summed E-state index contributed by atoms with van der Waals surface area (Å²) < 4.78 is 0. The largest absolute Gasteiger partial charge is 0.368 e. The Bertz CT molecular complexity index is 460. The highest BCUT2D eigenvalue weighted by Gasteiger charge is 2.25. The number of nitrogens with zero attached hydrogens (tertiary/aromatic N) is 2. The van der Waals surface area contributed by atoms with Gasteiger partial charge in [-0.15, -0.1) is 0 Å². The predicted molar refractivity (Wildman–Crippen MR) is 60.6 cm³/mol. The van der Waals surface area contributed by atoms with Gasteiger partial charge < -0.3 is 11.1 Å². The molecule has 1 aromatic heterocycles. The summed E-state index contributed by atoms with van der Waals surface area (Å²) in [7, 11) is 0. The second-order valence-corrected chi connectivity index (χ2v) is 4.07. The van der Waals surface area contributed by atoms with Crippen LogP contribution in [0.25, 0.3) is 0 Å². The molecule has 0 unspecified atom stereocenters. The monoisotopic (exact) mass is 218 g/mol. The molecule has 0 fully saturated rings. The molecule has 5 heteroatoms. The molecule has 0 radical (unpaired) electrons. The summed E-state index contributed by atoms with van der Waals surface area (Å²) in [5.41, 5.74) is 5.45. The molecule has 0 saturated carbocycles. The smallest absolute Gasteiger partial charge is 0.242 e. The molecular formula is C11H14N4O. The predicted octanol–water partition coefficient (Wildman–Crippen LogP) is 0.937. The van der Waals surface area contributed by atoms with Gasteiger partial charge in [0.15, 0.2) is 0 Å². The van der Waals surface area contributed by atoms with Gasteiger partial charge in [-0.05, 0) is 32.9 Å². The Labute approximate surface area is 94.3 Å². The quantitative estimate of drug-likeness (QED) is 0.789. The molecule has 3 N–H and O–H groups in total. The first-order chi connectivity index (χ1) is 7.36. The molecule has 16 heavy (non-hydrogen) atoms. The van der Waals surface area contributed by atoms with Gasteiger partial charge in [-0.25, -0.2) is 4.98 Å². The number of pyridine rings is 1. The van der Waals surface area contributed by atoms with E-state index in [1.165, 1.54) is 0 Å². The molecule has 0 spiro atoms. The lowest BCUT2D eigenvalue weighted by Crippen LogP contribution is -2.45. The van der Waals surface area contributed by atoms with Gasteiger partial charge in [0.25, 0.3) is 0 Å². The molecule has 84 valence electrons. The Hall–Kier alpha value is -2.09. The molecule has 1 aromatic rings. The number of aryl methyl sites for hydroxylation is 1. The van der Waals surface area contributed by atoms with E-state index >= 15 is 0 Å². The molecular weight excluding hydrogens is 204 g/mol. The van der Waals surface area contributed by atoms with E-state index < -0.39 is 11.4 Å². The Morgan fingerprint density at radius 2 is 2.19 bits per heavy atom. The van der Waals surface area contributed by atoms with Crippen LogP contribution in [0.3, 0.4) is 0 Å². The van der Waals surface area contributed by atoms with Gasteiger partial charge >= 0.3 is 0 Å². The van der Waals surface area contributed by atoms with E-state index in [1.54, 1.807) is 26.0 Å². The van der Waals surface area contributed by atoms with Crippen molar-refractivity contribution in [1.29, 1.82) is 5.26 Å². The average Bonchev–Trinajstić information content (AvgIpc) is 2.17. The minimum absolute atomic E-state index is 0.381. The normalized spacial score (nSPS) is 10.6. The number of nitrogens with one attached hydrogen (secondary N) is 1. The Balaban J connectivity index is 3.10. The van der Waals surface area contributed by atoms with Crippen molar-refractivity contribution in [3.8, 4) is 6.07 Å². The van der Waals surface area contributed by atoms with Crippen LogP contribution in [0.15, 0.2) is 12.1 Å². The van der Waals surface area contributed by atoms with Crippen molar-refractivity contribution in [2.75, 3.05) is 5.32 Å². The maximum absolute atomic E-state index is 11.2. The highest BCUT2D eigenvalue weighted by Crippen LogP contribution is 2.17. The van der Waals surface area contributed by atoms with Crippen molar-refractivity contribution < 1.29 is 4.79 Å². The third kappa shape index (κ3) is 2.48. The lowest BCUT2D eigenvalue weighted by atomic mass is 10.0. The average molecular weight is 218 g/mol. The summed E-state index contributed by atoms with van der Waals surface area (Å²) in [6.07, 6.45) is 0. The van der Waals surface area contributed by atoms with Crippen LogP contribution in [0.5, 0.6) is 0 Å². The molecule has 0 bridgehead atoms. The SMILES string of the molecule is Cc1ccc(C#N)c(NC(C)(C)C(N)=O)n1. The summed E-state index contributed by atoms with van der Waals surface area (Å²) in [6.45, 7) is 5.09. The third-order valence-corrected chi connectivity index (χ3v) is 2.20. The summed E-state index contributed by atoms with van der Waals surface area (Å²) in [6, 6.07) is 5.40. The van der Waals surface area contributed by atoms with Crippen LogP contribution < -0.4 is 11.1 Å². The van der Waals surface area contributed by atoms with E-state index in [1.807, 2.05) is 13.0 Å². The number of anilines is 1. The fourth-order valence-corrected chi connectivity index (χ4v) is 1.10. The molecule has 0 saturated heterocycles. The minimum atomic E-state index is -0.938. The number of nitrogens with two attached hydrogens (primary N) is 1. The Morgan fingerprint density at radius 3 is 2.69 bits per heavy atom. The van der Waals surface area contributed by atoms with E-state index in [2.05, 4.69) is 10.3 Å². The van der Waals surface area contributed by atoms with Crippen LogP contribution in [-0.2, 0) is 4.79 Å². The van der Waals surface area contributed by atoms with Gasteiger partial charge in [-0.1, -0.05) is 0 Å². The molecule has 0 aliphatic rings. The second-order valence-electron chi connectivity index (χ2n) is 4.07. The number of amides is 1. The number of primary amides is 1. The van der Waals surface area contributed by atoms with E-state index in [0.29, 0.717) is 11.4 Å². The van der Waals surface area contributed by atoms with Gasteiger partial charge in [-0.3, -0.25) is 4.79 Å². The maximum atomic E-state index is 11.2. The minimum Gasteiger partial charge on any atom is -0.368 e. The fourth-order valence-electron chi connectivity index (χ4n) is 1.10. The molecule has 0 atom stereocenters. The van der Waals surface area contributed by atoms with E-state index in [9.17, 15) is 4.79 Å². The van der Waals surface area contributed by atoms with Crippen molar-refractivity contribution >= 4 is 11.7 Å². The first-order valence-electron chi connectivity index (χ1n) is 4.82. The van der Waals surface area contributed by atoms with Crippen LogP contribution in [0.4, 0.5) is 5.82 Å². The molecule has 5 nitrogen and oxygen atoms in total. The van der Waals surface area contributed by atoms with Crippen molar-refractivity contribution in [2.45, 2.75) is 26.3 Å². The number of rotatable bonds is 3. The van der Waals surface area contributed by atoms with Crippen LogP contribution in [-0.4, -0.2) is 16.4 Å². The molecule has 0 aliphatic carbocycles. The topological polar surface area (TPSA) is 91.8 Å². The zero-order valence-corrected chi connectivity index (χ0v) is 9.53. The zero-order chi connectivity index (χ0) is 12.3. The number of nitriles is 1. The molecule has 1 rings (SSSR count). The van der Waals surface area contributed by atoms with Crippen molar-refractivity contribution in [2.24, 2.45) is 5.73 Å². The fraction of sp³-hybridized carbons (Fsp3) is 0.364. The number of carbonyl (C=O) groups is 1. The standard InChI is InChI=1S/C11H14N4O/c1-7-4-5-8(6-12)9(14-7)15-11(2,3)10(13)16/h4-5H,1-3H3,(H2,13,16)(H,14,15). The summed E-state index contributed by atoms with van der Waals surface area (Å²) >= 11 is 0. The van der Waals surface area contributed by atoms with Gasteiger partial charge in [0.2, 0.25) is 5.91 Å². The zero-order valence-electron chi connectivity index (χ0n) is 9.53. The van der Waals surface area contributed by atoms with Crippen molar-refractivity contribution in [3.63, 3.8) is 0 Å². The molecule has 1 amide bonds. The first-order valence-corrected chi connectivity index (χ1v) is 4.82. The lowest BCUT2D eigenvalue weighted by Gasteiger charge is -2.23. The lowest BCUT2D eigenvalue weighted by molar-refractivity contribution is -0.121. The van der Waals surface area contributed by atoms with Gasteiger partial charge in [0, 0.05) is 5.69 Å². The highest BCUT2D eigenvalue weighted by atomic mass is 16.1. The van der Waals surface area contributed by atoms with Crippen LogP contribution in [0.2, 0.25) is 0 Å². The maximum Gasteiger partial charge on any atom is 0.242 e. The van der Waals surface area contributed by atoms with Crippen LogP contribution in [0.1, 0.15) is 25.1 Å². The number of aromatic nitrogens is 1.